The van der Waals surface area contributed by atoms with Gasteiger partial charge in [-0.2, -0.15) is 0 Å². The third-order valence-corrected chi connectivity index (χ3v) is 5.41. The Bertz CT molecular complexity index is 1090. The van der Waals surface area contributed by atoms with Gasteiger partial charge in [0.2, 0.25) is 11.9 Å². The molecule has 0 bridgehead atoms. The van der Waals surface area contributed by atoms with Crippen LogP contribution < -0.4 is 16.0 Å². The van der Waals surface area contributed by atoms with Gasteiger partial charge in [0.25, 0.3) is 0 Å². The molecular weight excluding hydrogens is 404 g/mol. The van der Waals surface area contributed by atoms with Crippen LogP contribution in [0.3, 0.4) is 0 Å². The minimum Gasteiger partial charge on any atom is -0.450 e. The molecule has 164 valence electrons. The van der Waals surface area contributed by atoms with Crippen LogP contribution in [0.1, 0.15) is 6.92 Å². The van der Waals surface area contributed by atoms with Crippen LogP contribution in [0.5, 0.6) is 0 Å². The second-order valence-corrected chi connectivity index (χ2v) is 7.27. The van der Waals surface area contributed by atoms with E-state index in [0.717, 1.165) is 10.4 Å². The van der Waals surface area contributed by atoms with Crippen molar-refractivity contribution in [2.45, 2.75) is 20.0 Å². The summed E-state index contributed by atoms with van der Waals surface area (Å²) < 4.78 is 7.26. The Morgan fingerprint density at radius 1 is 0.935 bits per heavy atom. The number of anilines is 2. The van der Waals surface area contributed by atoms with Crippen LogP contribution in [0.15, 0.2) is 39.9 Å². The second kappa shape index (κ2) is 8.62. The Morgan fingerprint density at radius 2 is 1.61 bits per heavy atom. The zero-order valence-corrected chi connectivity index (χ0v) is 17.3. The lowest BCUT2D eigenvalue weighted by Crippen LogP contribution is -2.52. The van der Waals surface area contributed by atoms with E-state index in [1.165, 1.54) is 9.47 Å². The second-order valence-electron chi connectivity index (χ2n) is 7.27. The maximum atomic E-state index is 12.8. The average molecular weight is 428 g/mol. The first-order valence-corrected chi connectivity index (χ1v) is 10.2. The number of fused-ring (bicyclic) bond motifs is 1. The smallest absolute Gasteiger partial charge is 0.409 e. The maximum Gasteiger partial charge on any atom is 0.409 e. The van der Waals surface area contributed by atoms with E-state index in [1.807, 2.05) is 35.2 Å². The molecule has 1 saturated heterocycles. The quantitative estimate of drug-likeness (QED) is 0.623. The van der Waals surface area contributed by atoms with Crippen molar-refractivity contribution in [1.29, 1.82) is 0 Å². The predicted molar refractivity (Wildman–Crippen MR) is 111 cm³/mol. The summed E-state index contributed by atoms with van der Waals surface area (Å²) in [7, 11) is 0. The van der Waals surface area contributed by atoms with Gasteiger partial charge >= 0.3 is 17.2 Å². The molecule has 4 rings (SSSR count). The van der Waals surface area contributed by atoms with Gasteiger partial charge in [-0.25, -0.2) is 9.48 Å². The van der Waals surface area contributed by atoms with Gasteiger partial charge in [0.15, 0.2) is 0 Å². The zero-order chi connectivity index (χ0) is 22.0. The number of benzene rings is 1. The average Bonchev–Trinajstić information content (AvgIpc) is 3.22. The van der Waals surface area contributed by atoms with E-state index < -0.39 is 17.2 Å². The number of hydrogen-bond acceptors (Lipinski definition) is 7. The van der Waals surface area contributed by atoms with Crippen LogP contribution >= 0.6 is 0 Å². The molecule has 0 saturated carbocycles. The standard InChI is InChI=1S/C20H24N6O5/c1-2-31-20(30)23-10-8-22(9-11-23)16(27)14-26-18(29)17(28)25-13-12-24(19(25)21-26)15-6-4-3-5-7-15/h3-7H,2,8-14H2,1H3. The molecule has 31 heavy (non-hydrogen) atoms. The van der Waals surface area contributed by atoms with Crippen LogP contribution in [-0.2, 0) is 22.6 Å². The Morgan fingerprint density at radius 3 is 2.29 bits per heavy atom. The van der Waals surface area contributed by atoms with Gasteiger partial charge in [0.05, 0.1) is 6.61 Å². The largest absolute Gasteiger partial charge is 0.450 e. The Labute approximate surface area is 178 Å². The van der Waals surface area contributed by atoms with Crippen molar-refractivity contribution in [3.05, 3.63) is 51.0 Å². The van der Waals surface area contributed by atoms with Gasteiger partial charge in [0.1, 0.15) is 6.54 Å². The molecule has 1 aromatic heterocycles. The minimum absolute atomic E-state index is 0.292. The number of aromatic nitrogens is 3. The van der Waals surface area contributed by atoms with E-state index in [2.05, 4.69) is 5.10 Å². The fourth-order valence-corrected chi connectivity index (χ4v) is 3.77. The highest BCUT2D eigenvalue weighted by Gasteiger charge is 2.28. The van der Waals surface area contributed by atoms with Crippen molar-refractivity contribution in [2.75, 3.05) is 44.2 Å². The van der Waals surface area contributed by atoms with E-state index in [1.54, 1.807) is 11.8 Å². The van der Waals surface area contributed by atoms with E-state index in [4.69, 9.17) is 4.74 Å². The number of nitrogens with zero attached hydrogens (tertiary/aromatic N) is 6. The van der Waals surface area contributed by atoms with Crippen LogP contribution in [0.4, 0.5) is 16.4 Å². The number of carbonyl (C=O) groups excluding carboxylic acids is 2. The Hall–Kier alpha value is -3.63. The number of amides is 2. The topological polar surface area (TPSA) is 110 Å². The number of rotatable bonds is 4. The van der Waals surface area contributed by atoms with Gasteiger partial charge in [-0.05, 0) is 19.1 Å². The Balaban J connectivity index is 1.50. The molecule has 0 atom stereocenters. The van der Waals surface area contributed by atoms with Crippen LogP contribution in [0, 0.1) is 0 Å². The number of hydrogen-bond donors (Lipinski definition) is 0. The first-order valence-electron chi connectivity index (χ1n) is 10.2. The first-order chi connectivity index (χ1) is 15.0. The Kier molecular flexibility index (Phi) is 5.74. The maximum absolute atomic E-state index is 12.8. The summed E-state index contributed by atoms with van der Waals surface area (Å²) >= 11 is 0. The normalized spacial score (nSPS) is 15.7. The monoisotopic (exact) mass is 428 g/mol. The van der Waals surface area contributed by atoms with Crippen molar-refractivity contribution in [2.24, 2.45) is 0 Å². The summed E-state index contributed by atoms with van der Waals surface area (Å²) in [5, 5.41) is 4.33. The van der Waals surface area contributed by atoms with Gasteiger partial charge in [0, 0.05) is 45.0 Å². The third kappa shape index (κ3) is 4.03. The zero-order valence-electron chi connectivity index (χ0n) is 17.3. The van der Waals surface area contributed by atoms with Crippen molar-refractivity contribution in [3.8, 4) is 0 Å². The summed E-state index contributed by atoms with van der Waals surface area (Å²) in [6.07, 6.45) is -0.403. The molecule has 2 aliphatic rings. The van der Waals surface area contributed by atoms with Crippen molar-refractivity contribution < 1.29 is 14.3 Å². The molecule has 11 nitrogen and oxygen atoms in total. The molecule has 3 heterocycles. The highest BCUT2D eigenvalue weighted by atomic mass is 16.6. The lowest BCUT2D eigenvalue weighted by Gasteiger charge is -2.34. The van der Waals surface area contributed by atoms with Crippen LogP contribution in [-0.4, -0.2) is 75.5 Å². The third-order valence-electron chi connectivity index (χ3n) is 5.41. The van der Waals surface area contributed by atoms with Crippen molar-refractivity contribution >= 4 is 23.6 Å². The molecule has 0 N–H and O–H groups in total. The van der Waals surface area contributed by atoms with E-state index in [-0.39, 0.29) is 12.5 Å². The molecule has 1 aromatic carbocycles. The highest BCUT2D eigenvalue weighted by molar-refractivity contribution is 5.76. The van der Waals surface area contributed by atoms with Crippen molar-refractivity contribution in [3.63, 3.8) is 0 Å². The number of ether oxygens (including phenoxy) is 1. The first kappa shape index (κ1) is 20.6. The van der Waals surface area contributed by atoms with Gasteiger partial charge in [-0.15, -0.1) is 5.10 Å². The molecule has 0 radical (unpaired) electrons. The summed E-state index contributed by atoms with van der Waals surface area (Å²) in [6.45, 7) is 3.92. The summed E-state index contributed by atoms with van der Waals surface area (Å²) in [4.78, 5) is 54.6. The van der Waals surface area contributed by atoms with Crippen molar-refractivity contribution in [1.82, 2.24) is 24.1 Å². The molecule has 0 unspecified atom stereocenters. The number of carbonyl (C=O) groups is 2. The molecule has 11 heteroatoms. The fraction of sp³-hybridized carbons (Fsp3) is 0.450. The van der Waals surface area contributed by atoms with Crippen LogP contribution in [0.25, 0.3) is 0 Å². The molecule has 2 amide bonds. The predicted octanol–water partition coefficient (Wildman–Crippen LogP) is -0.143. The summed E-state index contributed by atoms with van der Waals surface area (Å²) in [5.74, 6) is 0.0162. The molecule has 2 aromatic rings. The van der Waals surface area contributed by atoms with Crippen LogP contribution in [0.2, 0.25) is 0 Å². The molecule has 0 aliphatic carbocycles. The van der Waals surface area contributed by atoms with Gasteiger partial charge in [-0.1, -0.05) is 18.2 Å². The SMILES string of the molecule is CCOC(=O)N1CCN(C(=O)Cn2nc3n(c(=O)c2=O)CCN3c2ccccc2)CC1. The van der Waals surface area contributed by atoms with Gasteiger partial charge < -0.3 is 19.4 Å². The fourth-order valence-electron chi connectivity index (χ4n) is 3.77. The number of para-hydroxylation sites is 1. The lowest BCUT2D eigenvalue weighted by atomic mass is 10.3. The van der Waals surface area contributed by atoms with Gasteiger partial charge in [-0.3, -0.25) is 19.0 Å². The molecule has 1 fully saturated rings. The minimum atomic E-state index is -0.822. The molecule has 2 aliphatic heterocycles. The summed E-state index contributed by atoms with van der Waals surface area (Å²) in [6, 6.07) is 9.44. The molecule has 0 spiro atoms. The lowest BCUT2D eigenvalue weighted by molar-refractivity contribution is -0.133. The van der Waals surface area contributed by atoms with E-state index >= 15 is 0 Å². The van der Waals surface area contributed by atoms with E-state index in [0.29, 0.717) is 51.8 Å². The molecular formula is C20H24N6O5. The highest BCUT2D eigenvalue weighted by Crippen LogP contribution is 2.25. The number of piperazine rings is 1. The van der Waals surface area contributed by atoms with E-state index in [9.17, 15) is 19.2 Å². The summed E-state index contributed by atoms with van der Waals surface area (Å²) in [5.41, 5.74) is -0.659.